The summed E-state index contributed by atoms with van der Waals surface area (Å²) in [7, 11) is 0. The summed E-state index contributed by atoms with van der Waals surface area (Å²) < 4.78 is 5.30. The topological polar surface area (TPSA) is 52.8 Å². The van der Waals surface area contributed by atoms with Crippen LogP contribution in [-0.4, -0.2) is 66.0 Å². The molecule has 28 heavy (non-hydrogen) atoms. The Morgan fingerprint density at radius 2 is 1.82 bits per heavy atom. The predicted molar refractivity (Wildman–Crippen MR) is 110 cm³/mol. The molecule has 1 atom stereocenters. The van der Waals surface area contributed by atoms with E-state index < -0.39 is 0 Å². The number of oxazole rings is 1. The highest BCUT2D eigenvalue weighted by Crippen LogP contribution is 2.28. The lowest BCUT2D eigenvalue weighted by molar-refractivity contribution is -0.136. The van der Waals surface area contributed by atoms with Crippen molar-refractivity contribution in [3.05, 3.63) is 36.4 Å². The number of anilines is 1. The highest BCUT2D eigenvalue weighted by atomic mass is 16.3. The van der Waals surface area contributed by atoms with Crippen LogP contribution in [-0.2, 0) is 4.79 Å². The first kappa shape index (κ1) is 19.0. The third-order valence-electron chi connectivity index (χ3n) is 6.04. The lowest BCUT2D eigenvalue weighted by Crippen LogP contribution is -2.52. The molecule has 4 rings (SSSR count). The average Bonchev–Trinajstić information content (AvgIpc) is 3.37. The van der Waals surface area contributed by atoms with Gasteiger partial charge in [0, 0.05) is 63.5 Å². The van der Waals surface area contributed by atoms with Gasteiger partial charge in [-0.1, -0.05) is 12.1 Å². The van der Waals surface area contributed by atoms with Crippen LogP contribution in [0.15, 0.2) is 34.9 Å². The van der Waals surface area contributed by atoms with Gasteiger partial charge in [-0.2, -0.15) is 0 Å². The summed E-state index contributed by atoms with van der Waals surface area (Å²) >= 11 is 0. The molecule has 2 aliphatic rings. The SMILES string of the molecule is Cc1nc(-c2ccc(N3CCC(C(=O)N4CCN(C(C)C)CC4)C3)cc2)co1. The monoisotopic (exact) mass is 382 g/mol. The molecule has 0 aliphatic carbocycles. The summed E-state index contributed by atoms with van der Waals surface area (Å²) in [5.74, 6) is 1.12. The van der Waals surface area contributed by atoms with Gasteiger partial charge in [0.2, 0.25) is 5.91 Å². The van der Waals surface area contributed by atoms with E-state index in [0.717, 1.165) is 56.9 Å². The van der Waals surface area contributed by atoms with Gasteiger partial charge in [-0.15, -0.1) is 0 Å². The van der Waals surface area contributed by atoms with Crippen molar-refractivity contribution in [3.63, 3.8) is 0 Å². The number of piperazine rings is 1. The van der Waals surface area contributed by atoms with Crippen LogP contribution in [0.1, 0.15) is 26.2 Å². The number of benzene rings is 1. The number of amides is 1. The van der Waals surface area contributed by atoms with E-state index in [0.29, 0.717) is 17.8 Å². The van der Waals surface area contributed by atoms with Gasteiger partial charge < -0.3 is 14.2 Å². The number of hydrogen-bond acceptors (Lipinski definition) is 5. The zero-order valence-electron chi connectivity index (χ0n) is 17.1. The van der Waals surface area contributed by atoms with E-state index in [9.17, 15) is 4.79 Å². The number of aromatic nitrogens is 1. The van der Waals surface area contributed by atoms with E-state index in [1.54, 1.807) is 6.26 Å². The molecule has 6 heteroatoms. The second kappa shape index (κ2) is 7.95. The molecule has 2 fully saturated rings. The van der Waals surface area contributed by atoms with Crippen LogP contribution in [0.2, 0.25) is 0 Å². The number of carbonyl (C=O) groups is 1. The number of nitrogens with zero attached hydrogens (tertiary/aromatic N) is 4. The van der Waals surface area contributed by atoms with E-state index in [1.165, 1.54) is 5.69 Å². The zero-order valence-corrected chi connectivity index (χ0v) is 17.1. The highest BCUT2D eigenvalue weighted by molar-refractivity contribution is 5.80. The molecule has 6 nitrogen and oxygen atoms in total. The standard InChI is InChI=1S/C22H30N4O2/c1-16(2)24-10-12-25(13-11-24)22(27)19-8-9-26(14-19)20-6-4-18(5-7-20)21-15-28-17(3)23-21/h4-7,15-16,19H,8-14H2,1-3H3. The van der Waals surface area contributed by atoms with Crippen LogP contribution in [0.25, 0.3) is 11.3 Å². The van der Waals surface area contributed by atoms with Gasteiger partial charge in [0.05, 0.1) is 5.92 Å². The Balaban J connectivity index is 1.34. The molecule has 0 N–H and O–H groups in total. The predicted octanol–water partition coefficient (Wildman–Crippen LogP) is 3.03. The second-order valence-corrected chi connectivity index (χ2v) is 8.19. The molecule has 0 saturated carbocycles. The van der Waals surface area contributed by atoms with E-state index in [4.69, 9.17) is 4.42 Å². The molecule has 1 amide bonds. The molecular formula is C22H30N4O2. The van der Waals surface area contributed by atoms with E-state index >= 15 is 0 Å². The zero-order chi connectivity index (χ0) is 19.7. The van der Waals surface area contributed by atoms with Gasteiger partial charge in [0.1, 0.15) is 12.0 Å². The molecule has 0 radical (unpaired) electrons. The fourth-order valence-corrected chi connectivity index (χ4v) is 4.25. The van der Waals surface area contributed by atoms with Crippen molar-refractivity contribution in [1.29, 1.82) is 0 Å². The van der Waals surface area contributed by atoms with Crippen LogP contribution in [0, 0.1) is 12.8 Å². The third-order valence-corrected chi connectivity index (χ3v) is 6.04. The molecule has 0 bridgehead atoms. The highest BCUT2D eigenvalue weighted by Gasteiger charge is 2.33. The second-order valence-electron chi connectivity index (χ2n) is 8.19. The summed E-state index contributed by atoms with van der Waals surface area (Å²) in [4.78, 5) is 24.2. The van der Waals surface area contributed by atoms with Gasteiger partial charge in [0.15, 0.2) is 5.89 Å². The molecule has 3 heterocycles. The minimum atomic E-state index is 0.114. The van der Waals surface area contributed by atoms with Crippen molar-refractivity contribution in [2.75, 3.05) is 44.2 Å². The quantitative estimate of drug-likeness (QED) is 0.814. The molecule has 1 aromatic carbocycles. The molecule has 2 saturated heterocycles. The average molecular weight is 383 g/mol. The van der Waals surface area contributed by atoms with E-state index in [2.05, 4.69) is 57.8 Å². The Kier molecular flexibility index (Phi) is 5.40. The van der Waals surface area contributed by atoms with E-state index in [1.807, 2.05) is 6.92 Å². The van der Waals surface area contributed by atoms with Gasteiger partial charge in [-0.05, 0) is 32.4 Å². The normalized spacial score (nSPS) is 20.9. The largest absolute Gasteiger partial charge is 0.449 e. The Morgan fingerprint density at radius 3 is 2.43 bits per heavy atom. The minimum Gasteiger partial charge on any atom is -0.449 e. The van der Waals surface area contributed by atoms with E-state index in [-0.39, 0.29) is 5.92 Å². The number of rotatable bonds is 4. The molecular weight excluding hydrogens is 352 g/mol. The smallest absolute Gasteiger partial charge is 0.227 e. The van der Waals surface area contributed by atoms with Crippen LogP contribution >= 0.6 is 0 Å². The third kappa shape index (κ3) is 3.92. The van der Waals surface area contributed by atoms with Crippen molar-refractivity contribution in [2.24, 2.45) is 5.92 Å². The molecule has 1 unspecified atom stereocenters. The number of carbonyl (C=O) groups excluding carboxylic acids is 1. The Hall–Kier alpha value is -2.34. The maximum atomic E-state index is 13.0. The molecule has 150 valence electrons. The Labute approximate surface area is 167 Å². The molecule has 2 aliphatic heterocycles. The molecule has 0 spiro atoms. The van der Waals surface area contributed by atoms with Crippen LogP contribution < -0.4 is 4.90 Å². The van der Waals surface area contributed by atoms with Gasteiger partial charge >= 0.3 is 0 Å². The Bertz CT molecular complexity index is 806. The first-order valence-electron chi connectivity index (χ1n) is 10.3. The molecule has 1 aromatic heterocycles. The lowest BCUT2D eigenvalue weighted by Gasteiger charge is -2.37. The first-order chi connectivity index (χ1) is 13.5. The fourth-order valence-electron chi connectivity index (χ4n) is 4.25. The van der Waals surface area contributed by atoms with Crippen LogP contribution in [0.3, 0.4) is 0 Å². The number of hydrogen-bond donors (Lipinski definition) is 0. The summed E-state index contributed by atoms with van der Waals surface area (Å²) in [6.45, 7) is 11.7. The van der Waals surface area contributed by atoms with Crippen molar-refractivity contribution >= 4 is 11.6 Å². The van der Waals surface area contributed by atoms with Crippen LogP contribution in [0.5, 0.6) is 0 Å². The van der Waals surface area contributed by atoms with Crippen molar-refractivity contribution in [2.45, 2.75) is 33.2 Å². The van der Waals surface area contributed by atoms with Gasteiger partial charge in [-0.25, -0.2) is 4.98 Å². The van der Waals surface area contributed by atoms with Crippen molar-refractivity contribution < 1.29 is 9.21 Å². The number of aryl methyl sites for hydroxylation is 1. The van der Waals surface area contributed by atoms with Crippen molar-refractivity contribution in [3.8, 4) is 11.3 Å². The first-order valence-corrected chi connectivity index (χ1v) is 10.3. The Morgan fingerprint density at radius 1 is 1.11 bits per heavy atom. The fraction of sp³-hybridized carbons (Fsp3) is 0.545. The summed E-state index contributed by atoms with van der Waals surface area (Å²) in [6.07, 6.45) is 2.63. The van der Waals surface area contributed by atoms with Crippen molar-refractivity contribution in [1.82, 2.24) is 14.8 Å². The lowest BCUT2D eigenvalue weighted by atomic mass is 10.1. The summed E-state index contributed by atoms with van der Waals surface area (Å²) in [5.41, 5.74) is 3.08. The minimum absolute atomic E-state index is 0.114. The van der Waals surface area contributed by atoms with Gasteiger partial charge in [0.25, 0.3) is 0 Å². The van der Waals surface area contributed by atoms with Crippen LogP contribution in [0.4, 0.5) is 5.69 Å². The maximum absolute atomic E-state index is 13.0. The maximum Gasteiger partial charge on any atom is 0.227 e. The summed E-state index contributed by atoms with van der Waals surface area (Å²) in [5, 5.41) is 0. The molecule has 2 aromatic rings. The van der Waals surface area contributed by atoms with Gasteiger partial charge in [-0.3, -0.25) is 9.69 Å². The summed E-state index contributed by atoms with van der Waals surface area (Å²) in [6, 6.07) is 8.95.